The third-order valence-corrected chi connectivity index (χ3v) is 6.35. The van der Waals surface area contributed by atoms with E-state index in [2.05, 4.69) is 25.5 Å². The number of halogens is 1. The zero-order valence-corrected chi connectivity index (χ0v) is 19.8. The molecular weight excluding hydrogens is 469 g/mol. The standard InChI is InChI=1S/C29H22FN5O2/c1-2-28(37)32-20-9-18(14-31-15-20)16-6-7-26-24(11-16)29(35-34-26)27-13-23-22(4-3-5-25(23)33-27)17-8-19(30)12-21(36)10-17/h3-15,33,36H,2H2,1H3,(H,32,37)(H,34,35). The summed E-state index contributed by atoms with van der Waals surface area (Å²) >= 11 is 0. The number of nitrogens with zero attached hydrogens (tertiary/aromatic N) is 2. The average Bonchev–Trinajstić information content (AvgIpc) is 3.51. The third-order valence-electron chi connectivity index (χ3n) is 6.35. The Labute approximate surface area is 211 Å². The smallest absolute Gasteiger partial charge is 0.224 e. The van der Waals surface area contributed by atoms with Crippen molar-refractivity contribution >= 4 is 33.4 Å². The van der Waals surface area contributed by atoms with Gasteiger partial charge in [0.15, 0.2) is 0 Å². The Kier molecular flexibility index (Phi) is 5.41. The number of hydrogen-bond donors (Lipinski definition) is 4. The summed E-state index contributed by atoms with van der Waals surface area (Å²) in [6.45, 7) is 1.80. The number of pyridine rings is 1. The van der Waals surface area contributed by atoms with Crippen molar-refractivity contribution in [2.75, 3.05) is 5.32 Å². The number of carbonyl (C=O) groups excluding carboxylic acids is 1. The second kappa shape index (κ2) is 8.91. The molecule has 0 saturated heterocycles. The fraction of sp³-hybridized carbons (Fsp3) is 0.0690. The molecule has 0 spiro atoms. The van der Waals surface area contributed by atoms with Crippen LogP contribution in [0.5, 0.6) is 5.75 Å². The van der Waals surface area contributed by atoms with E-state index in [1.165, 1.54) is 6.07 Å². The van der Waals surface area contributed by atoms with Gasteiger partial charge in [0.1, 0.15) is 17.3 Å². The number of carbonyl (C=O) groups is 1. The molecular formula is C29H22FN5O2. The molecule has 0 radical (unpaired) electrons. The molecule has 6 aromatic rings. The Hall–Kier alpha value is -4.98. The topological polar surface area (TPSA) is 107 Å². The molecule has 37 heavy (non-hydrogen) atoms. The molecule has 0 aliphatic heterocycles. The first kappa shape index (κ1) is 22.5. The van der Waals surface area contributed by atoms with Crippen LogP contribution in [-0.4, -0.2) is 31.2 Å². The second-order valence-electron chi connectivity index (χ2n) is 8.84. The number of aromatic amines is 2. The summed E-state index contributed by atoms with van der Waals surface area (Å²) in [6.07, 6.45) is 3.77. The molecule has 0 atom stereocenters. The van der Waals surface area contributed by atoms with Crippen molar-refractivity contribution in [3.05, 3.63) is 84.9 Å². The Bertz CT molecular complexity index is 1780. The first-order valence-corrected chi connectivity index (χ1v) is 11.8. The molecule has 1 amide bonds. The molecule has 0 aliphatic carbocycles. The van der Waals surface area contributed by atoms with E-state index in [9.17, 15) is 14.3 Å². The van der Waals surface area contributed by atoms with Crippen LogP contribution < -0.4 is 5.32 Å². The summed E-state index contributed by atoms with van der Waals surface area (Å²) in [5.74, 6) is -0.694. The minimum Gasteiger partial charge on any atom is -0.508 e. The fourth-order valence-electron chi connectivity index (χ4n) is 4.58. The molecule has 7 nitrogen and oxygen atoms in total. The van der Waals surface area contributed by atoms with Gasteiger partial charge in [0.2, 0.25) is 5.91 Å². The maximum atomic E-state index is 14.0. The van der Waals surface area contributed by atoms with E-state index in [1.807, 2.05) is 48.5 Å². The van der Waals surface area contributed by atoms with E-state index in [-0.39, 0.29) is 11.7 Å². The van der Waals surface area contributed by atoms with Gasteiger partial charge in [-0.3, -0.25) is 14.9 Å². The number of anilines is 1. The molecule has 6 rings (SSSR count). The molecule has 0 fully saturated rings. The highest BCUT2D eigenvalue weighted by Crippen LogP contribution is 2.36. The number of phenols is 1. The van der Waals surface area contributed by atoms with Crippen molar-refractivity contribution < 1.29 is 14.3 Å². The van der Waals surface area contributed by atoms with Crippen molar-refractivity contribution in [2.24, 2.45) is 0 Å². The molecule has 0 bridgehead atoms. The zero-order valence-electron chi connectivity index (χ0n) is 19.8. The van der Waals surface area contributed by atoms with Crippen LogP contribution in [0.2, 0.25) is 0 Å². The minimum atomic E-state index is -0.499. The number of rotatable bonds is 5. The Balaban J connectivity index is 1.43. The van der Waals surface area contributed by atoms with Gasteiger partial charge in [-0.05, 0) is 59.2 Å². The molecule has 4 N–H and O–H groups in total. The van der Waals surface area contributed by atoms with Crippen LogP contribution in [0.1, 0.15) is 13.3 Å². The van der Waals surface area contributed by atoms with Gasteiger partial charge in [-0.25, -0.2) is 4.39 Å². The van der Waals surface area contributed by atoms with Crippen LogP contribution in [0.25, 0.3) is 55.4 Å². The predicted octanol–water partition coefficient (Wildman–Crippen LogP) is 6.63. The van der Waals surface area contributed by atoms with E-state index >= 15 is 0 Å². The van der Waals surface area contributed by atoms with Crippen molar-refractivity contribution in [3.63, 3.8) is 0 Å². The van der Waals surface area contributed by atoms with Gasteiger partial charge in [0, 0.05) is 40.5 Å². The third kappa shape index (κ3) is 4.18. The van der Waals surface area contributed by atoms with Crippen molar-refractivity contribution in [1.29, 1.82) is 0 Å². The van der Waals surface area contributed by atoms with Crippen LogP contribution in [-0.2, 0) is 4.79 Å². The average molecular weight is 492 g/mol. The van der Waals surface area contributed by atoms with Crippen LogP contribution in [0.15, 0.2) is 79.1 Å². The number of hydrogen-bond acceptors (Lipinski definition) is 4. The van der Waals surface area contributed by atoms with Gasteiger partial charge in [-0.2, -0.15) is 5.10 Å². The van der Waals surface area contributed by atoms with Crippen LogP contribution in [0.3, 0.4) is 0 Å². The van der Waals surface area contributed by atoms with E-state index in [1.54, 1.807) is 25.4 Å². The lowest BCUT2D eigenvalue weighted by atomic mass is 10.0. The van der Waals surface area contributed by atoms with Crippen molar-refractivity contribution in [1.82, 2.24) is 20.2 Å². The van der Waals surface area contributed by atoms with Gasteiger partial charge >= 0.3 is 0 Å². The van der Waals surface area contributed by atoms with E-state index in [4.69, 9.17) is 0 Å². The van der Waals surface area contributed by atoms with Crippen LogP contribution in [0.4, 0.5) is 10.1 Å². The van der Waals surface area contributed by atoms with E-state index in [0.29, 0.717) is 17.7 Å². The first-order valence-electron chi connectivity index (χ1n) is 11.8. The second-order valence-corrected chi connectivity index (χ2v) is 8.84. The van der Waals surface area contributed by atoms with Gasteiger partial charge < -0.3 is 15.4 Å². The molecule has 8 heteroatoms. The fourth-order valence-corrected chi connectivity index (χ4v) is 4.58. The lowest BCUT2D eigenvalue weighted by Crippen LogP contribution is -2.09. The largest absolute Gasteiger partial charge is 0.508 e. The highest BCUT2D eigenvalue weighted by atomic mass is 19.1. The minimum absolute atomic E-state index is 0.0712. The maximum absolute atomic E-state index is 14.0. The lowest BCUT2D eigenvalue weighted by Gasteiger charge is -2.06. The normalized spacial score (nSPS) is 11.3. The summed E-state index contributed by atoms with van der Waals surface area (Å²) < 4.78 is 14.0. The number of aromatic hydroxyl groups is 1. The predicted molar refractivity (Wildman–Crippen MR) is 143 cm³/mol. The number of amides is 1. The number of fused-ring (bicyclic) bond motifs is 2. The number of nitrogens with one attached hydrogen (secondary N) is 3. The number of H-pyrrole nitrogens is 2. The summed E-state index contributed by atoms with van der Waals surface area (Å²) in [4.78, 5) is 19.5. The van der Waals surface area contributed by atoms with Gasteiger partial charge in [-0.15, -0.1) is 0 Å². The maximum Gasteiger partial charge on any atom is 0.224 e. The SMILES string of the molecule is CCC(=O)Nc1cncc(-c2ccc3[nH]nc(-c4cc5c(-c6cc(O)cc(F)c6)cccc5[nH]4)c3c2)c1. The monoisotopic (exact) mass is 491 g/mol. The summed E-state index contributed by atoms with van der Waals surface area (Å²) in [6, 6.07) is 19.6. The highest BCUT2D eigenvalue weighted by molar-refractivity contribution is 6.02. The molecule has 0 aliphatic rings. The van der Waals surface area contributed by atoms with Crippen molar-refractivity contribution in [3.8, 4) is 39.4 Å². The molecule has 3 aromatic heterocycles. The molecule has 182 valence electrons. The van der Waals surface area contributed by atoms with Crippen LogP contribution in [0, 0.1) is 5.82 Å². The Morgan fingerprint density at radius 3 is 2.68 bits per heavy atom. The molecule has 3 heterocycles. The van der Waals surface area contributed by atoms with Gasteiger partial charge in [0.25, 0.3) is 0 Å². The first-order chi connectivity index (χ1) is 18.0. The molecule has 0 unspecified atom stereocenters. The quantitative estimate of drug-likeness (QED) is 0.217. The lowest BCUT2D eigenvalue weighted by molar-refractivity contribution is -0.115. The van der Waals surface area contributed by atoms with E-state index in [0.717, 1.165) is 56.0 Å². The van der Waals surface area contributed by atoms with Gasteiger partial charge in [-0.1, -0.05) is 25.1 Å². The Morgan fingerprint density at radius 1 is 0.946 bits per heavy atom. The molecule has 0 saturated carbocycles. The Morgan fingerprint density at radius 2 is 1.84 bits per heavy atom. The zero-order chi connectivity index (χ0) is 25.5. The van der Waals surface area contributed by atoms with Gasteiger partial charge in [0.05, 0.1) is 23.1 Å². The summed E-state index contributed by atoms with van der Waals surface area (Å²) in [7, 11) is 0. The number of phenolic OH excluding ortho intramolecular Hbond substituents is 1. The summed E-state index contributed by atoms with van der Waals surface area (Å²) in [5.41, 5.74) is 7.11. The summed E-state index contributed by atoms with van der Waals surface area (Å²) in [5, 5.41) is 22.2. The highest BCUT2D eigenvalue weighted by Gasteiger charge is 2.15. The molecule has 3 aromatic carbocycles. The number of aromatic nitrogens is 4. The van der Waals surface area contributed by atoms with Crippen LogP contribution >= 0.6 is 0 Å². The number of benzene rings is 3. The van der Waals surface area contributed by atoms with Crippen molar-refractivity contribution in [2.45, 2.75) is 13.3 Å². The van der Waals surface area contributed by atoms with E-state index < -0.39 is 5.82 Å².